The topological polar surface area (TPSA) is 49.8 Å². The number of benzene rings is 3. The van der Waals surface area contributed by atoms with E-state index in [4.69, 9.17) is 12.6 Å². The normalized spacial score (nSPS) is 15.2. The van der Waals surface area contributed by atoms with Crippen molar-refractivity contribution >= 4 is 39.6 Å². The first kappa shape index (κ1) is 18.8. The van der Waals surface area contributed by atoms with E-state index in [2.05, 4.69) is 68.8 Å². The van der Waals surface area contributed by atoms with Gasteiger partial charge in [-0.1, -0.05) is 0 Å². The molecule has 0 unspecified atom stereocenters. The van der Waals surface area contributed by atoms with Crippen LogP contribution in [0.1, 0.15) is 52.6 Å². The van der Waals surface area contributed by atoms with E-state index in [-0.39, 0.29) is 16.8 Å². The average Bonchev–Trinajstić information content (AvgIpc) is 3.34. The molecule has 37 heavy (non-hydrogen) atoms. The van der Waals surface area contributed by atoms with Crippen molar-refractivity contribution in [2.75, 3.05) is 0 Å². The SMILES string of the molecule is [2H]C([2H])([2H])c1cnc(-c2cccc3c2oc2c(C#N)c(-c4cc[c]([Ge]([CH3])([CH](C)C)[CH](C)C)cc4)ccc23)cc1C([2H])([2H])[2H]. The Bertz CT molecular complexity index is 1870. The summed E-state index contributed by atoms with van der Waals surface area (Å²) in [5.41, 5.74) is 3.23. The summed E-state index contributed by atoms with van der Waals surface area (Å²) in [6, 6.07) is 21.7. The number of fused-ring (bicyclic) bond motifs is 3. The fraction of sp³-hybridized carbons (Fsp3) is 0.273. The van der Waals surface area contributed by atoms with Gasteiger partial charge in [-0.05, 0) is 24.8 Å². The minimum atomic E-state index is -2.65. The zero-order valence-electron chi connectivity index (χ0n) is 27.8. The number of aryl methyl sites for hydroxylation is 2. The third-order valence-electron chi connectivity index (χ3n) is 8.18. The Labute approximate surface area is 230 Å². The molecule has 5 rings (SSSR count). The van der Waals surface area contributed by atoms with E-state index in [1.165, 1.54) is 10.5 Å². The van der Waals surface area contributed by atoms with Crippen LogP contribution in [0.4, 0.5) is 0 Å². The van der Waals surface area contributed by atoms with Crippen LogP contribution in [0.5, 0.6) is 0 Å². The molecule has 5 aromatic rings. The molecule has 0 fully saturated rings. The molecular formula is C33H34GeN2O. The van der Waals surface area contributed by atoms with Crippen molar-refractivity contribution in [3.05, 3.63) is 83.6 Å². The molecule has 0 aliphatic rings. The Morgan fingerprint density at radius 1 is 0.865 bits per heavy atom. The molecule has 0 spiro atoms. The summed E-state index contributed by atoms with van der Waals surface area (Å²) in [4.78, 5) is 4.34. The Balaban J connectivity index is 1.67. The average molecular weight is 553 g/mol. The van der Waals surface area contributed by atoms with Crippen LogP contribution in [-0.2, 0) is 0 Å². The first-order valence-electron chi connectivity index (χ1n) is 15.6. The Hall–Kier alpha value is -3.36. The number of rotatable bonds is 5. The Morgan fingerprint density at radius 2 is 1.57 bits per heavy atom. The fourth-order valence-corrected chi connectivity index (χ4v) is 12.8. The van der Waals surface area contributed by atoms with E-state index in [1.807, 2.05) is 24.3 Å². The molecular weight excluding hydrogens is 513 g/mol. The summed E-state index contributed by atoms with van der Waals surface area (Å²) in [5.74, 6) is 2.48. The number of hydrogen-bond acceptors (Lipinski definition) is 3. The molecule has 3 nitrogen and oxygen atoms in total. The van der Waals surface area contributed by atoms with Gasteiger partial charge < -0.3 is 0 Å². The van der Waals surface area contributed by atoms with E-state index in [0.29, 0.717) is 31.8 Å². The molecule has 0 saturated heterocycles. The fourth-order valence-electron chi connectivity index (χ4n) is 5.36. The summed E-state index contributed by atoms with van der Waals surface area (Å²) in [6.45, 7) is 4.04. The first-order valence-corrected chi connectivity index (χ1v) is 18.2. The Morgan fingerprint density at radius 3 is 2.22 bits per heavy atom. The maximum atomic E-state index is 10.3. The van der Waals surface area contributed by atoms with Gasteiger partial charge in [-0.3, -0.25) is 0 Å². The number of aromatic nitrogens is 1. The molecule has 0 amide bonds. The van der Waals surface area contributed by atoms with Crippen molar-refractivity contribution in [2.45, 2.75) is 56.7 Å². The molecule has 0 N–H and O–H groups in total. The molecule has 0 aliphatic carbocycles. The third kappa shape index (κ3) is 4.08. The molecule has 0 bridgehead atoms. The van der Waals surface area contributed by atoms with Crippen LogP contribution in [0.25, 0.3) is 44.3 Å². The quantitative estimate of drug-likeness (QED) is 0.204. The van der Waals surface area contributed by atoms with Crippen LogP contribution in [0.2, 0.25) is 15.3 Å². The standard InChI is InChI=1S/C33H34GeN2O/c1-20(2)34(7,21(3)4)25-13-11-24(12-14-25)26-15-16-28-27-9-8-10-29(31-17-22(5)23(6)19-36-31)32(27)37-33(28)30(26)18-35/h8-17,19-21H,1-7H3/i5D3,6D3. The number of pyridine rings is 1. The van der Waals surface area contributed by atoms with Crippen LogP contribution in [-0.4, -0.2) is 18.3 Å². The van der Waals surface area contributed by atoms with Gasteiger partial charge in [0.25, 0.3) is 0 Å². The maximum absolute atomic E-state index is 10.3. The zero-order valence-corrected chi connectivity index (χ0v) is 23.9. The molecule has 0 aliphatic heterocycles. The summed E-state index contributed by atoms with van der Waals surface area (Å²) in [7, 11) is 0. The van der Waals surface area contributed by atoms with Gasteiger partial charge in [0.1, 0.15) is 0 Å². The summed E-state index contributed by atoms with van der Waals surface area (Å²) in [5, 5.41) is 11.8. The molecule has 0 atom stereocenters. The van der Waals surface area contributed by atoms with Crippen molar-refractivity contribution in [2.24, 2.45) is 0 Å². The third-order valence-corrected chi connectivity index (χ3v) is 21.6. The number of nitrogens with zero attached hydrogens (tertiary/aromatic N) is 2. The van der Waals surface area contributed by atoms with E-state index in [0.717, 1.165) is 28.1 Å². The van der Waals surface area contributed by atoms with Crippen LogP contribution >= 0.6 is 0 Å². The van der Waals surface area contributed by atoms with Crippen molar-refractivity contribution in [1.82, 2.24) is 4.98 Å². The van der Waals surface area contributed by atoms with Crippen molar-refractivity contribution in [3.63, 3.8) is 0 Å². The number of para-hydroxylation sites is 1. The second kappa shape index (κ2) is 9.50. The second-order valence-corrected chi connectivity index (χ2v) is 22.0. The molecule has 2 aromatic heterocycles. The van der Waals surface area contributed by atoms with Crippen molar-refractivity contribution < 1.29 is 12.6 Å². The molecule has 0 saturated carbocycles. The van der Waals surface area contributed by atoms with Crippen LogP contribution < -0.4 is 4.40 Å². The van der Waals surface area contributed by atoms with Gasteiger partial charge in [0.2, 0.25) is 0 Å². The minimum Gasteiger partial charge on any atom is -0.0445 e. The van der Waals surface area contributed by atoms with Gasteiger partial charge in [-0.25, -0.2) is 0 Å². The van der Waals surface area contributed by atoms with Gasteiger partial charge >= 0.3 is 192 Å². The number of nitriles is 1. The molecule has 3 aromatic carbocycles. The van der Waals surface area contributed by atoms with Gasteiger partial charge in [-0.15, -0.1) is 0 Å². The second-order valence-electron chi connectivity index (χ2n) is 10.5. The minimum absolute atomic E-state index is 0.274. The van der Waals surface area contributed by atoms with Crippen LogP contribution in [0, 0.1) is 25.0 Å². The summed E-state index contributed by atoms with van der Waals surface area (Å²) >= 11 is -2.32. The van der Waals surface area contributed by atoms with Gasteiger partial charge in [0, 0.05) is 14.4 Å². The van der Waals surface area contributed by atoms with E-state index < -0.39 is 27.0 Å². The summed E-state index contributed by atoms with van der Waals surface area (Å²) in [6.07, 6.45) is 1.11. The van der Waals surface area contributed by atoms with Gasteiger partial charge in [0.05, 0.1) is 0 Å². The smallest absolute Gasteiger partial charge is 0.0445 e. The van der Waals surface area contributed by atoms with Gasteiger partial charge in [0.15, 0.2) is 0 Å². The van der Waals surface area contributed by atoms with E-state index >= 15 is 0 Å². The van der Waals surface area contributed by atoms with E-state index in [1.54, 1.807) is 6.07 Å². The van der Waals surface area contributed by atoms with E-state index in [9.17, 15) is 5.26 Å². The van der Waals surface area contributed by atoms with Crippen LogP contribution in [0.15, 0.2) is 71.3 Å². The van der Waals surface area contributed by atoms with Gasteiger partial charge in [-0.2, -0.15) is 0 Å². The monoisotopic (exact) mass is 554 g/mol. The molecule has 2 heterocycles. The van der Waals surface area contributed by atoms with Crippen molar-refractivity contribution in [3.8, 4) is 28.5 Å². The molecule has 186 valence electrons. The van der Waals surface area contributed by atoms with Crippen molar-refractivity contribution in [1.29, 1.82) is 5.26 Å². The predicted octanol–water partition coefficient (Wildman–Crippen LogP) is 8.91. The number of furan rings is 1. The zero-order chi connectivity index (χ0) is 31.5. The molecule has 0 radical (unpaired) electrons. The van der Waals surface area contributed by atoms with Crippen LogP contribution in [0.3, 0.4) is 0 Å². The Kier molecular flexibility index (Phi) is 4.83. The first-order chi connectivity index (χ1) is 20.1. The predicted molar refractivity (Wildman–Crippen MR) is 158 cm³/mol. The number of hydrogen-bond donors (Lipinski definition) is 0. The summed E-state index contributed by atoms with van der Waals surface area (Å²) < 4.78 is 56.3. The molecule has 4 heteroatoms.